The van der Waals surface area contributed by atoms with Gasteiger partial charge >= 0.3 is 0 Å². The minimum absolute atomic E-state index is 0.191. The first-order chi connectivity index (χ1) is 14.5. The predicted molar refractivity (Wildman–Crippen MR) is 117 cm³/mol. The molecular weight excluding hydrogens is 410 g/mol. The van der Waals surface area contributed by atoms with E-state index in [1.165, 1.54) is 9.69 Å². The number of methoxy groups -OCH3 is 3. The van der Waals surface area contributed by atoms with Gasteiger partial charge in [-0.2, -0.15) is 14.8 Å². The number of benzene rings is 1. The summed E-state index contributed by atoms with van der Waals surface area (Å²) in [5.41, 5.74) is 6.76. The van der Waals surface area contributed by atoms with Crippen molar-refractivity contribution in [2.45, 2.75) is 0 Å². The summed E-state index contributed by atoms with van der Waals surface area (Å²) < 4.78 is 22.8. The molecule has 2 aromatic rings. The quantitative estimate of drug-likeness (QED) is 0.397. The number of rotatable bonds is 6. The number of anilines is 2. The highest BCUT2D eigenvalue weighted by Crippen LogP contribution is 2.37. The molecule has 1 fully saturated rings. The standard InChI is InChI=1S/C18H25N7O4S/c1-23(20-11-12-9-13(26-2)15(28-4)14(10-12)27-3)18(30)25-16(19)21-17(22-25)24-5-7-29-8-6-24/h9-11H,5-8H2,1-4H3,(H2,19,21,22)/b20-11+. The minimum atomic E-state index is 0.191. The summed E-state index contributed by atoms with van der Waals surface area (Å²) in [5.74, 6) is 2.27. The molecular formula is C18H25N7O4S. The lowest BCUT2D eigenvalue weighted by molar-refractivity contribution is 0.122. The van der Waals surface area contributed by atoms with Gasteiger partial charge < -0.3 is 29.6 Å². The zero-order valence-corrected chi connectivity index (χ0v) is 18.2. The van der Waals surface area contributed by atoms with E-state index >= 15 is 0 Å². The van der Waals surface area contributed by atoms with Crippen LogP contribution in [0.2, 0.25) is 0 Å². The molecule has 1 aliphatic heterocycles. The van der Waals surface area contributed by atoms with Crippen molar-refractivity contribution in [3.63, 3.8) is 0 Å². The number of nitrogens with two attached hydrogens (primary N) is 1. The minimum Gasteiger partial charge on any atom is -0.493 e. The lowest BCUT2D eigenvalue weighted by atomic mass is 10.2. The lowest BCUT2D eigenvalue weighted by Crippen LogP contribution is -2.37. The van der Waals surface area contributed by atoms with E-state index in [1.807, 2.05) is 4.90 Å². The molecule has 11 nitrogen and oxygen atoms in total. The van der Waals surface area contributed by atoms with Gasteiger partial charge in [-0.05, 0) is 24.4 Å². The normalized spacial score (nSPS) is 14.1. The fraction of sp³-hybridized carbons (Fsp3) is 0.444. The Kier molecular flexibility index (Phi) is 6.90. The Hall–Kier alpha value is -3.12. The number of nitrogens with zero attached hydrogens (tertiary/aromatic N) is 6. The first-order valence-electron chi connectivity index (χ1n) is 9.15. The van der Waals surface area contributed by atoms with Gasteiger partial charge in [0.05, 0.1) is 40.8 Å². The SMILES string of the molecule is COc1cc(/C=N/N(C)C(=S)n2nc(N3CCOCC3)nc2N)cc(OC)c1OC. The summed E-state index contributed by atoms with van der Waals surface area (Å²) in [7, 11) is 6.36. The van der Waals surface area contributed by atoms with Gasteiger partial charge in [0.25, 0.3) is 0 Å². The molecule has 0 radical (unpaired) electrons. The maximum absolute atomic E-state index is 6.02. The van der Waals surface area contributed by atoms with Gasteiger partial charge in [-0.15, -0.1) is 5.10 Å². The Morgan fingerprint density at radius 2 is 1.83 bits per heavy atom. The van der Waals surface area contributed by atoms with E-state index in [0.717, 1.165) is 5.56 Å². The molecule has 162 valence electrons. The van der Waals surface area contributed by atoms with Crippen LogP contribution in [0.4, 0.5) is 11.9 Å². The summed E-state index contributed by atoms with van der Waals surface area (Å²) in [4.78, 5) is 6.31. The fourth-order valence-corrected chi connectivity index (χ4v) is 3.05. The number of hydrazone groups is 1. The van der Waals surface area contributed by atoms with Crippen LogP contribution in [0.3, 0.4) is 0 Å². The molecule has 30 heavy (non-hydrogen) atoms. The third kappa shape index (κ3) is 4.54. The van der Waals surface area contributed by atoms with Crippen LogP contribution >= 0.6 is 12.2 Å². The third-order valence-electron chi connectivity index (χ3n) is 4.44. The molecule has 2 N–H and O–H groups in total. The maximum atomic E-state index is 6.02. The van der Waals surface area contributed by atoms with Crippen molar-refractivity contribution in [1.29, 1.82) is 0 Å². The van der Waals surface area contributed by atoms with Crippen LogP contribution in [-0.2, 0) is 4.74 Å². The number of hydrogen-bond acceptors (Lipinski definition) is 10. The van der Waals surface area contributed by atoms with E-state index in [2.05, 4.69) is 15.2 Å². The Bertz CT molecular complexity index is 902. The Morgan fingerprint density at radius 3 is 2.40 bits per heavy atom. The lowest BCUT2D eigenvalue weighted by Gasteiger charge is -2.25. The first-order valence-corrected chi connectivity index (χ1v) is 9.56. The van der Waals surface area contributed by atoms with Gasteiger partial charge in [0.1, 0.15) is 0 Å². The highest BCUT2D eigenvalue weighted by atomic mass is 32.1. The number of ether oxygens (including phenoxy) is 4. The number of hydrogen-bond donors (Lipinski definition) is 1. The molecule has 0 unspecified atom stereocenters. The van der Waals surface area contributed by atoms with Crippen LogP contribution in [0.25, 0.3) is 0 Å². The number of nitrogen functional groups attached to an aromatic ring is 1. The molecule has 1 aromatic carbocycles. The van der Waals surface area contributed by atoms with Gasteiger partial charge in [-0.1, -0.05) is 0 Å². The summed E-state index contributed by atoms with van der Waals surface area (Å²) >= 11 is 5.48. The molecule has 3 rings (SSSR count). The van der Waals surface area contributed by atoms with Crippen LogP contribution in [0.1, 0.15) is 5.56 Å². The van der Waals surface area contributed by atoms with Crippen molar-refractivity contribution < 1.29 is 18.9 Å². The van der Waals surface area contributed by atoms with E-state index in [9.17, 15) is 0 Å². The van der Waals surface area contributed by atoms with Crippen LogP contribution in [-0.4, -0.2) is 85.8 Å². The molecule has 0 bridgehead atoms. The third-order valence-corrected chi connectivity index (χ3v) is 4.88. The van der Waals surface area contributed by atoms with E-state index in [1.54, 1.807) is 46.7 Å². The van der Waals surface area contributed by atoms with E-state index in [0.29, 0.717) is 49.5 Å². The first kappa shape index (κ1) is 21.6. The second-order valence-electron chi connectivity index (χ2n) is 6.29. The molecule has 0 aliphatic carbocycles. The average Bonchev–Trinajstić information content (AvgIpc) is 3.18. The van der Waals surface area contributed by atoms with Crippen molar-refractivity contribution in [2.24, 2.45) is 5.10 Å². The molecule has 1 aliphatic rings. The Morgan fingerprint density at radius 1 is 1.20 bits per heavy atom. The highest BCUT2D eigenvalue weighted by molar-refractivity contribution is 7.80. The zero-order valence-electron chi connectivity index (χ0n) is 17.4. The second-order valence-corrected chi connectivity index (χ2v) is 6.66. The van der Waals surface area contributed by atoms with Gasteiger partial charge in [0, 0.05) is 25.7 Å². The zero-order chi connectivity index (χ0) is 21.7. The number of morpholine rings is 1. The van der Waals surface area contributed by atoms with Crippen LogP contribution in [0.15, 0.2) is 17.2 Å². The predicted octanol–water partition coefficient (Wildman–Crippen LogP) is 0.822. The molecule has 0 atom stereocenters. The summed E-state index contributed by atoms with van der Waals surface area (Å²) in [6.45, 7) is 2.65. The summed E-state index contributed by atoms with van der Waals surface area (Å²) in [6.07, 6.45) is 1.62. The fourth-order valence-electron chi connectivity index (χ4n) is 2.87. The summed E-state index contributed by atoms with van der Waals surface area (Å²) in [5, 5.41) is 10.6. The molecule has 0 amide bonds. The molecule has 1 aromatic heterocycles. The van der Waals surface area contributed by atoms with Crippen molar-refractivity contribution in [1.82, 2.24) is 19.8 Å². The molecule has 1 saturated heterocycles. The number of aromatic nitrogens is 3. The largest absolute Gasteiger partial charge is 0.493 e. The van der Waals surface area contributed by atoms with E-state index < -0.39 is 0 Å². The average molecular weight is 436 g/mol. The molecule has 12 heteroatoms. The summed E-state index contributed by atoms with van der Waals surface area (Å²) in [6, 6.07) is 3.56. The van der Waals surface area contributed by atoms with Crippen molar-refractivity contribution in [2.75, 3.05) is 65.3 Å². The van der Waals surface area contributed by atoms with Gasteiger partial charge in [0.2, 0.25) is 22.8 Å². The topological polar surface area (TPSA) is 112 Å². The number of thiocarbonyl (C=S) groups is 1. The monoisotopic (exact) mass is 435 g/mol. The van der Waals surface area contributed by atoms with Gasteiger partial charge in [-0.25, -0.2) is 5.01 Å². The van der Waals surface area contributed by atoms with Crippen molar-refractivity contribution in [3.05, 3.63) is 17.7 Å². The molecule has 2 heterocycles. The van der Waals surface area contributed by atoms with E-state index in [4.69, 9.17) is 36.9 Å². The van der Waals surface area contributed by atoms with Crippen molar-refractivity contribution >= 4 is 35.4 Å². The van der Waals surface area contributed by atoms with Crippen LogP contribution < -0.4 is 24.8 Å². The molecule has 0 saturated carbocycles. The van der Waals surface area contributed by atoms with Crippen LogP contribution in [0.5, 0.6) is 17.2 Å². The van der Waals surface area contributed by atoms with Crippen LogP contribution in [0, 0.1) is 0 Å². The maximum Gasteiger partial charge on any atom is 0.247 e. The van der Waals surface area contributed by atoms with Crippen molar-refractivity contribution in [3.8, 4) is 17.2 Å². The van der Waals surface area contributed by atoms with E-state index in [-0.39, 0.29) is 11.1 Å². The van der Waals surface area contributed by atoms with Gasteiger partial charge in [-0.3, -0.25) is 0 Å². The smallest absolute Gasteiger partial charge is 0.247 e. The Balaban J connectivity index is 1.77. The molecule has 0 spiro atoms. The highest BCUT2D eigenvalue weighted by Gasteiger charge is 2.20. The Labute approximate surface area is 179 Å². The second kappa shape index (κ2) is 9.59. The van der Waals surface area contributed by atoms with Gasteiger partial charge in [0.15, 0.2) is 11.5 Å².